The molecule has 1 N–H and O–H groups in total. The summed E-state index contributed by atoms with van der Waals surface area (Å²) in [4.78, 5) is 12.0. The Morgan fingerprint density at radius 2 is 1.87 bits per heavy atom. The van der Waals surface area contributed by atoms with E-state index in [2.05, 4.69) is 5.32 Å². The Morgan fingerprint density at radius 1 is 1.09 bits per heavy atom. The number of amides is 1. The fourth-order valence-electron chi connectivity index (χ4n) is 2.12. The minimum absolute atomic E-state index is 0.280. The van der Waals surface area contributed by atoms with Crippen LogP contribution in [0.3, 0.4) is 0 Å². The average molecular weight is 350 g/mol. The Labute approximate surface area is 143 Å². The van der Waals surface area contributed by atoms with Gasteiger partial charge >= 0.3 is 0 Å². The summed E-state index contributed by atoms with van der Waals surface area (Å²) in [6.45, 7) is 1.03. The zero-order valence-corrected chi connectivity index (χ0v) is 13.5. The van der Waals surface area contributed by atoms with Crippen molar-refractivity contribution in [2.75, 3.05) is 18.5 Å². The van der Waals surface area contributed by atoms with Crippen LogP contribution in [0.4, 0.5) is 5.69 Å². The highest BCUT2D eigenvalue weighted by Gasteiger charge is 2.12. The molecule has 0 unspecified atom stereocenters. The summed E-state index contributed by atoms with van der Waals surface area (Å²) in [5.41, 5.74) is 1.30. The van der Waals surface area contributed by atoms with Gasteiger partial charge in [0, 0.05) is 17.8 Å². The number of benzene rings is 2. The molecule has 1 heterocycles. The van der Waals surface area contributed by atoms with Gasteiger partial charge in [0.05, 0.1) is 10.0 Å². The first-order valence-electron chi connectivity index (χ1n) is 6.96. The van der Waals surface area contributed by atoms with Crippen LogP contribution in [0.15, 0.2) is 42.5 Å². The number of rotatable bonds is 3. The van der Waals surface area contributed by atoms with E-state index >= 15 is 0 Å². The number of hydrogen-bond acceptors (Lipinski definition) is 3. The predicted molar refractivity (Wildman–Crippen MR) is 91.6 cm³/mol. The van der Waals surface area contributed by atoms with Gasteiger partial charge < -0.3 is 14.8 Å². The highest BCUT2D eigenvalue weighted by molar-refractivity contribution is 6.42. The predicted octanol–water partition coefficient (Wildman–Crippen LogP) is 4.42. The molecule has 2 aromatic rings. The zero-order valence-electron chi connectivity index (χ0n) is 12.0. The zero-order chi connectivity index (χ0) is 16.2. The van der Waals surface area contributed by atoms with Crippen LogP contribution in [-0.4, -0.2) is 19.1 Å². The lowest BCUT2D eigenvalue weighted by atomic mass is 10.2. The molecule has 3 rings (SSSR count). The summed E-state index contributed by atoms with van der Waals surface area (Å²) in [7, 11) is 0. The second-order valence-corrected chi connectivity index (χ2v) is 5.61. The molecule has 0 atom stereocenters. The van der Waals surface area contributed by atoms with Gasteiger partial charge in [-0.15, -0.1) is 0 Å². The average Bonchev–Trinajstić information content (AvgIpc) is 2.56. The van der Waals surface area contributed by atoms with E-state index in [1.54, 1.807) is 42.5 Å². The molecule has 0 fully saturated rings. The molecule has 6 heteroatoms. The summed E-state index contributed by atoms with van der Waals surface area (Å²) in [5, 5.41) is 3.62. The van der Waals surface area contributed by atoms with Crippen molar-refractivity contribution in [3.05, 3.63) is 58.1 Å². The van der Waals surface area contributed by atoms with Crippen molar-refractivity contribution in [3.63, 3.8) is 0 Å². The third-order valence-electron chi connectivity index (χ3n) is 3.21. The fraction of sp³-hybridized carbons (Fsp3) is 0.118. The number of fused-ring (bicyclic) bond motifs is 1. The van der Waals surface area contributed by atoms with Crippen LogP contribution in [0.5, 0.6) is 11.5 Å². The van der Waals surface area contributed by atoms with Gasteiger partial charge in [0.25, 0.3) is 0 Å². The third-order valence-corrected chi connectivity index (χ3v) is 4.04. The second kappa shape index (κ2) is 6.94. The van der Waals surface area contributed by atoms with Gasteiger partial charge in [0.1, 0.15) is 13.2 Å². The molecule has 0 radical (unpaired) electrons. The van der Waals surface area contributed by atoms with Crippen molar-refractivity contribution >= 4 is 40.9 Å². The summed E-state index contributed by atoms with van der Waals surface area (Å²) >= 11 is 12.0. The minimum atomic E-state index is -0.280. The maximum Gasteiger partial charge on any atom is 0.248 e. The largest absolute Gasteiger partial charge is 0.486 e. The molecule has 0 spiro atoms. The van der Waals surface area contributed by atoms with Gasteiger partial charge in [0.15, 0.2) is 11.5 Å². The lowest BCUT2D eigenvalue weighted by Crippen LogP contribution is -2.16. The van der Waals surface area contributed by atoms with E-state index in [9.17, 15) is 4.79 Å². The number of halogens is 2. The Kier molecular flexibility index (Phi) is 4.74. The molecule has 0 aliphatic carbocycles. The number of carbonyl (C=O) groups excluding carboxylic acids is 1. The van der Waals surface area contributed by atoms with Crippen molar-refractivity contribution in [1.29, 1.82) is 0 Å². The topological polar surface area (TPSA) is 47.6 Å². The van der Waals surface area contributed by atoms with Crippen molar-refractivity contribution in [1.82, 2.24) is 0 Å². The molecule has 1 aliphatic heterocycles. The molecular weight excluding hydrogens is 337 g/mol. The molecule has 118 valence electrons. The van der Waals surface area contributed by atoms with Gasteiger partial charge in [-0.3, -0.25) is 4.79 Å². The van der Waals surface area contributed by atoms with Crippen molar-refractivity contribution < 1.29 is 14.3 Å². The number of hydrogen-bond donors (Lipinski definition) is 1. The summed E-state index contributed by atoms with van der Waals surface area (Å²) in [5.74, 6) is 1.02. The van der Waals surface area contributed by atoms with E-state index in [-0.39, 0.29) is 5.91 Å². The van der Waals surface area contributed by atoms with E-state index < -0.39 is 0 Å². The molecule has 1 amide bonds. The molecule has 0 bridgehead atoms. The van der Waals surface area contributed by atoms with Crippen molar-refractivity contribution in [3.8, 4) is 11.5 Å². The lowest BCUT2D eigenvalue weighted by molar-refractivity contribution is -0.111. The molecule has 0 aromatic heterocycles. The number of anilines is 1. The van der Waals surface area contributed by atoms with E-state index in [4.69, 9.17) is 32.7 Å². The Morgan fingerprint density at radius 3 is 2.70 bits per heavy atom. The summed E-state index contributed by atoms with van der Waals surface area (Å²) in [6, 6.07) is 10.5. The van der Waals surface area contributed by atoms with E-state index in [1.807, 2.05) is 0 Å². The number of nitrogens with one attached hydrogen (secondary N) is 1. The van der Waals surface area contributed by atoms with Crippen LogP contribution in [0.2, 0.25) is 10.0 Å². The van der Waals surface area contributed by atoms with Gasteiger partial charge in [-0.2, -0.15) is 0 Å². The first kappa shape index (κ1) is 15.7. The Balaban J connectivity index is 1.69. The maximum absolute atomic E-state index is 12.0. The highest BCUT2D eigenvalue weighted by atomic mass is 35.5. The Hall–Kier alpha value is -2.17. The fourth-order valence-corrected chi connectivity index (χ4v) is 2.49. The lowest BCUT2D eigenvalue weighted by Gasteiger charge is -2.18. The van der Waals surface area contributed by atoms with Crippen LogP contribution in [-0.2, 0) is 4.79 Å². The molecule has 4 nitrogen and oxygen atoms in total. The summed E-state index contributed by atoms with van der Waals surface area (Å²) in [6.07, 6.45) is 3.01. The van der Waals surface area contributed by atoms with Gasteiger partial charge in [-0.05, 0) is 29.8 Å². The standard InChI is InChI=1S/C17H13Cl2NO3/c18-13-3-1-2-11(17(13)19)4-7-16(21)20-12-5-6-14-15(10-12)23-9-8-22-14/h1-7,10H,8-9H2,(H,20,21)/b7-4+. The quantitative estimate of drug-likeness (QED) is 0.834. The normalized spacial score (nSPS) is 13.1. The number of carbonyl (C=O) groups is 1. The van der Waals surface area contributed by atoms with E-state index in [1.165, 1.54) is 6.08 Å². The van der Waals surface area contributed by atoms with Crippen molar-refractivity contribution in [2.45, 2.75) is 0 Å². The van der Waals surface area contributed by atoms with Crippen LogP contribution < -0.4 is 14.8 Å². The number of ether oxygens (including phenoxy) is 2. The smallest absolute Gasteiger partial charge is 0.248 e. The Bertz CT molecular complexity index is 774. The van der Waals surface area contributed by atoms with Crippen LogP contribution in [0.25, 0.3) is 6.08 Å². The SMILES string of the molecule is O=C(/C=C/c1cccc(Cl)c1Cl)Nc1ccc2c(c1)OCCO2. The highest BCUT2D eigenvalue weighted by Crippen LogP contribution is 2.32. The minimum Gasteiger partial charge on any atom is -0.486 e. The van der Waals surface area contributed by atoms with E-state index in [0.29, 0.717) is 46.0 Å². The molecule has 1 aliphatic rings. The summed E-state index contributed by atoms with van der Waals surface area (Å²) < 4.78 is 10.9. The molecule has 2 aromatic carbocycles. The van der Waals surface area contributed by atoms with Gasteiger partial charge in [0.2, 0.25) is 5.91 Å². The molecule has 23 heavy (non-hydrogen) atoms. The molecule has 0 saturated heterocycles. The van der Waals surface area contributed by atoms with Crippen LogP contribution in [0.1, 0.15) is 5.56 Å². The second-order valence-electron chi connectivity index (χ2n) is 4.82. The first-order valence-corrected chi connectivity index (χ1v) is 7.72. The van der Waals surface area contributed by atoms with Gasteiger partial charge in [-0.1, -0.05) is 35.3 Å². The van der Waals surface area contributed by atoms with Crippen LogP contribution >= 0.6 is 23.2 Å². The molecular formula is C17H13Cl2NO3. The van der Waals surface area contributed by atoms with Gasteiger partial charge in [-0.25, -0.2) is 0 Å². The monoisotopic (exact) mass is 349 g/mol. The van der Waals surface area contributed by atoms with Crippen LogP contribution in [0, 0.1) is 0 Å². The van der Waals surface area contributed by atoms with E-state index in [0.717, 1.165) is 0 Å². The van der Waals surface area contributed by atoms with Crippen molar-refractivity contribution in [2.24, 2.45) is 0 Å². The third kappa shape index (κ3) is 3.78. The molecule has 0 saturated carbocycles. The maximum atomic E-state index is 12.0. The first-order chi connectivity index (χ1) is 11.1.